The molecule has 1 aromatic carbocycles. The lowest BCUT2D eigenvalue weighted by Gasteiger charge is -2.40. The van der Waals surface area contributed by atoms with E-state index < -0.39 is 5.41 Å². The highest BCUT2D eigenvalue weighted by atomic mass is 35.5. The second-order valence-corrected chi connectivity index (χ2v) is 8.74. The molecule has 0 bridgehead atoms. The smallest absolute Gasteiger partial charge is 0.234 e. The van der Waals surface area contributed by atoms with Crippen LogP contribution < -0.4 is 10.2 Å². The normalized spacial score (nSPS) is 26.1. The van der Waals surface area contributed by atoms with Crippen molar-refractivity contribution in [3.8, 4) is 0 Å². The highest BCUT2D eigenvalue weighted by Crippen LogP contribution is 2.37. The van der Waals surface area contributed by atoms with E-state index in [9.17, 15) is 4.79 Å². The number of ether oxygens (including phenoxy) is 1. The molecule has 1 unspecified atom stereocenters. The van der Waals surface area contributed by atoms with Crippen LogP contribution in [0.15, 0.2) is 30.6 Å². The number of nitrogens with zero attached hydrogens (tertiary/aromatic N) is 4. The van der Waals surface area contributed by atoms with E-state index in [2.05, 4.69) is 20.2 Å². The zero-order valence-electron chi connectivity index (χ0n) is 17.1. The van der Waals surface area contributed by atoms with Crippen LogP contribution in [0.4, 0.5) is 5.82 Å². The minimum absolute atomic E-state index is 0.00796. The molecule has 2 fully saturated rings. The number of amides is 1. The summed E-state index contributed by atoms with van der Waals surface area (Å²) in [5, 5.41) is 4.08. The van der Waals surface area contributed by atoms with Crippen LogP contribution in [0, 0.1) is 0 Å². The van der Waals surface area contributed by atoms with Crippen molar-refractivity contribution >= 4 is 23.3 Å². The van der Waals surface area contributed by atoms with Crippen LogP contribution in [-0.4, -0.2) is 60.0 Å². The van der Waals surface area contributed by atoms with Gasteiger partial charge < -0.3 is 19.9 Å². The summed E-state index contributed by atoms with van der Waals surface area (Å²) in [7, 11) is 0. The molecule has 2 atom stereocenters. The Labute approximate surface area is 181 Å². The summed E-state index contributed by atoms with van der Waals surface area (Å²) in [6.45, 7) is 6.98. The van der Waals surface area contributed by atoms with Gasteiger partial charge in [0.05, 0.1) is 23.8 Å². The topological polar surface area (TPSA) is 70.6 Å². The number of rotatable bonds is 3. The third-order valence-corrected chi connectivity index (χ3v) is 6.90. The second kappa shape index (κ2) is 7.80. The van der Waals surface area contributed by atoms with Crippen LogP contribution in [0.25, 0.3) is 0 Å². The first-order chi connectivity index (χ1) is 14.6. The first kappa shape index (κ1) is 19.7. The Bertz CT molecular complexity index is 937. The molecular weight excluding hydrogens is 402 g/mol. The van der Waals surface area contributed by atoms with Crippen LogP contribution in [0.1, 0.15) is 36.3 Å². The predicted octanol–water partition coefficient (Wildman–Crippen LogP) is 2.30. The quantitative estimate of drug-likeness (QED) is 0.810. The lowest BCUT2D eigenvalue weighted by molar-refractivity contribution is -0.137. The number of benzene rings is 1. The van der Waals surface area contributed by atoms with E-state index >= 15 is 0 Å². The van der Waals surface area contributed by atoms with Crippen molar-refractivity contribution in [2.24, 2.45) is 0 Å². The minimum Gasteiger partial charge on any atom is -0.367 e. The number of anilines is 1. The molecule has 0 spiro atoms. The second-order valence-electron chi connectivity index (χ2n) is 8.31. The highest BCUT2D eigenvalue weighted by Gasteiger charge is 2.45. The largest absolute Gasteiger partial charge is 0.367 e. The van der Waals surface area contributed by atoms with Crippen LogP contribution in [0.3, 0.4) is 0 Å². The minimum atomic E-state index is -0.509. The SMILES string of the molecule is C[C@@H]1OCc2ncnc(N3CCN(C(=O)C4(c5ccc(Cl)cc5)CCNC4)CC3)c21. The fourth-order valence-electron chi connectivity index (χ4n) is 4.93. The van der Waals surface area contributed by atoms with E-state index in [-0.39, 0.29) is 12.0 Å². The average Bonchev–Trinajstić information content (AvgIpc) is 3.42. The predicted molar refractivity (Wildman–Crippen MR) is 115 cm³/mol. The maximum atomic E-state index is 13.7. The van der Waals surface area contributed by atoms with Gasteiger partial charge in [-0.1, -0.05) is 23.7 Å². The van der Waals surface area contributed by atoms with Gasteiger partial charge in [0.15, 0.2) is 0 Å². The molecule has 3 aliphatic rings. The number of hydrogen-bond donors (Lipinski definition) is 1. The summed E-state index contributed by atoms with van der Waals surface area (Å²) in [5.41, 5.74) is 2.61. The maximum Gasteiger partial charge on any atom is 0.234 e. The fraction of sp³-hybridized carbons (Fsp3) is 0.500. The molecular formula is C22H26ClN5O2. The maximum absolute atomic E-state index is 13.7. The molecule has 0 aliphatic carbocycles. The van der Waals surface area contributed by atoms with Crippen LogP contribution in [0.2, 0.25) is 5.02 Å². The monoisotopic (exact) mass is 427 g/mol. The molecule has 2 aromatic rings. The van der Waals surface area contributed by atoms with E-state index in [0.717, 1.165) is 48.7 Å². The van der Waals surface area contributed by atoms with Crippen molar-refractivity contribution in [1.82, 2.24) is 20.2 Å². The number of fused-ring (bicyclic) bond motifs is 1. The van der Waals surface area contributed by atoms with Gasteiger partial charge in [0.1, 0.15) is 12.1 Å². The van der Waals surface area contributed by atoms with E-state index in [4.69, 9.17) is 16.3 Å². The van der Waals surface area contributed by atoms with Crippen LogP contribution in [-0.2, 0) is 21.6 Å². The van der Waals surface area contributed by atoms with E-state index in [1.165, 1.54) is 0 Å². The van der Waals surface area contributed by atoms with Crippen LogP contribution >= 0.6 is 11.6 Å². The molecule has 2 saturated heterocycles. The molecule has 1 aromatic heterocycles. The summed E-state index contributed by atoms with van der Waals surface area (Å²) < 4.78 is 5.74. The molecule has 3 aliphatic heterocycles. The number of hydrogen-bond acceptors (Lipinski definition) is 6. The molecule has 1 amide bonds. The van der Waals surface area contributed by atoms with E-state index in [1.807, 2.05) is 36.1 Å². The number of nitrogens with one attached hydrogen (secondary N) is 1. The molecule has 0 saturated carbocycles. The first-order valence-corrected chi connectivity index (χ1v) is 10.9. The Kier molecular flexibility index (Phi) is 5.13. The lowest BCUT2D eigenvalue weighted by Crippen LogP contribution is -2.55. The average molecular weight is 428 g/mol. The van der Waals surface area contributed by atoms with Crippen molar-refractivity contribution in [2.45, 2.75) is 31.5 Å². The van der Waals surface area contributed by atoms with Gasteiger partial charge in [0.2, 0.25) is 5.91 Å². The van der Waals surface area contributed by atoms with Gasteiger partial charge in [-0.3, -0.25) is 4.79 Å². The number of carbonyl (C=O) groups excluding carboxylic acids is 1. The van der Waals surface area contributed by atoms with Gasteiger partial charge in [0, 0.05) is 43.3 Å². The zero-order valence-corrected chi connectivity index (χ0v) is 17.9. The lowest BCUT2D eigenvalue weighted by atomic mass is 9.78. The molecule has 0 radical (unpaired) electrons. The summed E-state index contributed by atoms with van der Waals surface area (Å²) in [6.07, 6.45) is 2.43. The number of halogens is 1. The van der Waals surface area contributed by atoms with Gasteiger partial charge in [0.25, 0.3) is 0 Å². The van der Waals surface area contributed by atoms with E-state index in [1.54, 1.807) is 6.33 Å². The summed E-state index contributed by atoms with van der Waals surface area (Å²) in [4.78, 5) is 26.9. The van der Waals surface area contributed by atoms with Crippen molar-refractivity contribution in [3.63, 3.8) is 0 Å². The van der Waals surface area contributed by atoms with Gasteiger partial charge in [-0.05, 0) is 37.6 Å². The molecule has 4 heterocycles. The summed E-state index contributed by atoms with van der Waals surface area (Å²) >= 11 is 6.08. The number of aromatic nitrogens is 2. The molecule has 1 N–H and O–H groups in total. The highest BCUT2D eigenvalue weighted by molar-refractivity contribution is 6.30. The molecule has 5 rings (SSSR count). The number of carbonyl (C=O) groups is 1. The van der Waals surface area contributed by atoms with Crippen molar-refractivity contribution < 1.29 is 9.53 Å². The summed E-state index contributed by atoms with van der Waals surface area (Å²) in [6, 6.07) is 7.74. The Morgan fingerprint density at radius 2 is 1.97 bits per heavy atom. The van der Waals surface area contributed by atoms with Gasteiger partial charge >= 0.3 is 0 Å². The van der Waals surface area contributed by atoms with Crippen molar-refractivity contribution in [1.29, 1.82) is 0 Å². The Morgan fingerprint density at radius 3 is 2.67 bits per heavy atom. The van der Waals surface area contributed by atoms with Gasteiger partial charge in [-0.2, -0.15) is 0 Å². The van der Waals surface area contributed by atoms with E-state index in [0.29, 0.717) is 31.3 Å². The van der Waals surface area contributed by atoms with Gasteiger partial charge in [-0.25, -0.2) is 9.97 Å². The van der Waals surface area contributed by atoms with Gasteiger partial charge in [-0.15, -0.1) is 0 Å². The molecule has 158 valence electrons. The number of piperazine rings is 1. The Hall–Kier alpha value is -2.22. The Morgan fingerprint density at radius 1 is 1.20 bits per heavy atom. The van der Waals surface area contributed by atoms with Crippen molar-refractivity contribution in [3.05, 3.63) is 52.4 Å². The molecule has 7 nitrogen and oxygen atoms in total. The fourth-order valence-corrected chi connectivity index (χ4v) is 5.06. The molecule has 30 heavy (non-hydrogen) atoms. The zero-order chi connectivity index (χ0) is 20.7. The van der Waals surface area contributed by atoms with Crippen LogP contribution in [0.5, 0.6) is 0 Å². The molecule has 8 heteroatoms. The first-order valence-electron chi connectivity index (χ1n) is 10.5. The third kappa shape index (κ3) is 3.25. The summed E-state index contributed by atoms with van der Waals surface area (Å²) in [5.74, 6) is 1.16. The van der Waals surface area contributed by atoms with Crippen molar-refractivity contribution in [2.75, 3.05) is 44.2 Å². The standard InChI is InChI=1S/C22H26ClN5O2/c1-15-19-18(12-30-15)25-14-26-20(19)27-8-10-28(11-9-27)21(29)22(6-7-24-13-22)16-2-4-17(23)5-3-16/h2-5,14-15,24H,6-13H2,1H3/t15-,22?/m0/s1. The Balaban J connectivity index is 1.34. The third-order valence-electron chi connectivity index (χ3n) is 6.65.